The SMILES string of the molecule is COC(=O)c1c(N2CC[C@@H](NC(C)=O)C2)sc(-c2ccc3c(c2)ncn3C2CCCCC2)c1[N+](=O)[O-]. The van der Waals surface area contributed by atoms with Crippen LogP contribution in [0.4, 0.5) is 10.7 Å². The Morgan fingerprint density at radius 1 is 1.22 bits per heavy atom. The summed E-state index contributed by atoms with van der Waals surface area (Å²) in [5.41, 5.74) is 2.13. The number of nitro groups is 1. The number of thiophene rings is 1. The van der Waals surface area contributed by atoms with Gasteiger partial charge in [0.25, 0.3) is 0 Å². The van der Waals surface area contributed by atoms with Crippen molar-refractivity contribution in [3.63, 3.8) is 0 Å². The third-order valence-corrected chi connectivity index (χ3v) is 8.41. The number of methoxy groups -OCH3 is 1. The molecule has 1 aromatic carbocycles. The number of nitrogens with zero attached hydrogens (tertiary/aromatic N) is 4. The molecular weight excluding hydrogens is 482 g/mol. The van der Waals surface area contributed by atoms with E-state index in [0.717, 1.165) is 23.9 Å². The summed E-state index contributed by atoms with van der Waals surface area (Å²) in [6.07, 6.45) is 8.50. The molecule has 1 saturated carbocycles. The maximum atomic E-state index is 12.8. The fourth-order valence-corrected chi connectivity index (χ4v) is 6.75. The topological polar surface area (TPSA) is 120 Å². The maximum absolute atomic E-state index is 12.8. The number of imidazole rings is 1. The molecule has 5 rings (SSSR count). The van der Waals surface area contributed by atoms with E-state index in [1.807, 2.05) is 29.4 Å². The van der Waals surface area contributed by atoms with Gasteiger partial charge in [-0.1, -0.05) is 25.3 Å². The second kappa shape index (κ2) is 9.88. The molecule has 0 unspecified atom stereocenters. The molecular formula is C25H29N5O5S. The molecule has 3 aromatic rings. The lowest BCUT2D eigenvalue weighted by molar-refractivity contribution is -0.384. The van der Waals surface area contributed by atoms with Crippen LogP contribution < -0.4 is 10.2 Å². The third kappa shape index (κ3) is 4.43. The Morgan fingerprint density at radius 3 is 2.69 bits per heavy atom. The second-order valence-electron chi connectivity index (χ2n) is 9.49. The minimum atomic E-state index is -0.746. The van der Waals surface area contributed by atoms with Crippen molar-refractivity contribution in [2.75, 3.05) is 25.1 Å². The number of nitrogens with one attached hydrogen (secondary N) is 1. The van der Waals surface area contributed by atoms with Gasteiger partial charge < -0.3 is 19.5 Å². The van der Waals surface area contributed by atoms with Crippen LogP contribution in [0.25, 0.3) is 21.5 Å². The number of rotatable bonds is 6. The molecule has 10 nitrogen and oxygen atoms in total. The van der Waals surface area contributed by atoms with E-state index in [-0.39, 0.29) is 23.2 Å². The van der Waals surface area contributed by atoms with E-state index in [0.29, 0.717) is 41.0 Å². The van der Waals surface area contributed by atoms with E-state index in [1.54, 1.807) is 0 Å². The molecule has 1 amide bonds. The molecule has 190 valence electrons. The number of amides is 1. The average Bonchev–Trinajstić information content (AvgIpc) is 3.59. The molecule has 0 bridgehead atoms. The van der Waals surface area contributed by atoms with Gasteiger partial charge in [-0.25, -0.2) is 9.78 Å². The Kier molecular flexibility index (Phi) is 6.65. The fraction of sp³-hybridized carbons (Fsp3) is 0.480. The molecule has 1 atom stereocenters. The number of anilines is 1. The summed E-state index contributed by atoms with van der Waals surface area (Å²) < 4.78 is 7.18. The van der Waals surface area contributed by atoms with Crippen molar-refractivity contribution in [1.82, 2.24) is 14.9 Å². The maximum Gasteiger partial charge on any atom is 0.347 e. The number of fused-ring (bicyclic) bond motifs is 1. The Labute approximate surface area is 212 Å². The fourth-order valence-electron chi connectivity index (χ4n) is 5.46. The van der Waals surface area contributed by atoms with Gasteiger partial charge in [0, 0.05) is 37.7 Å². The van der Waals surface area contributed by atoms with Crippen molar-refractivity contribution < 1.29 is 19.2 Å². The summed E-state index contributed by atoms with van der Waals surface area (Å²) in [6, 6.07) is 6.04. The van der Waals surface area contributed by atoms with Crippen LogP contribution in [0.5, 0.6) is 0 Å². The number of carbonyl (C=O) groups excluding carboxylic acids is 2. The average molecular weight is 512 g/mol. The number of benzene rings is 1. The first-order valence-electron chi connectivity index (χ1n) is 12.3. The molecule has 3 heterocycles. The molecule has 0 spiro atoms. The highest BCUT2D eigenvalue weighted by atomic mass is 32.1. The number of hydrogen-bond donors (Lipinski definition) is 1. The molecule has 36 heavy (non-hydrogen) atoms. The monoisotopic (exact) mass is 511 g/mol. The van der Waals surface area contributed by atoms with Gasteiger partial charge in [0.2, 0.25) is 5.91 Å². The van der Waals surface area contributed by atoms with Crippen molar-refractivity contribution in [1.29, 1.82) is 0 Å². The molecule has 2 fully saturated rings. The molecule has 2 aromatic heterocycles. The summed E-state index contributed by atoms with van der Waals surface area (Å²) in [6.45, 7) is 2.49. The zero-order chi connectivity index (χ0) is 25.4. The van der Waals surface area contributed by atoms with Crippen molar-refractivity contribution in [2.24, 2.45) is 0 Å². The lowest BCUT2D eigenvalue weighted by Crippen LogP contribution is -2.35. The Balaban J connectivity index is 1.57. The van der Waals surface area contributed by atoms with Crippen molar-refractivity contribution in [2.45, 2.75) is 57.5 Å². The molecule has 2 aliphatic rings. The zero-order valence-corrected chi connectivity index (χ0v) is 21.2. The first-order valence-corrected chi connectivity index (χ1v) is 13.1. The van der Waals surface area contributed by atoms with Gasteiger partial charge in [-0.3, -0.25) is 14.9 Å². The van der Waals surface area contributed by atoms with Gasteiger partial charge in [-0.2, -0.15) is 0 Å². The minimum Gasteiger partial charge on any atom is -0.465 e. The summed E-state index contributed by atoms with van der Waals surface area (Å²) in [5, 5.41) is 15.6. The molecule has 1 N–H and O–H groups in total. The van der Waals surface area contributed by atoms with Crippen molar-refractivity contribution in [3.05, 3.63) is 40.2 Å². The van der Waals surface area contributed by atoms with Crippen LogP contribution in [0.2, 0.25) is 0 Å². The highest BCUT2D eigenvalue weighted by molar-refractivity contribution is 7.20. The van der Waals surface area contributed by atoms with Crippen molar-refractivity contribution >= 4 is 44.9 Å². The van der Waals surface area contributed by atoms with Crippen LogP contribution >= 0.6 is 11.3 Å². The molecule has 1 saturated heterocycles. The van der Waals surface area contributed by atoms with Gasteiger partial charge >= 0.3 is 11.7 Å². The van der Waals surface area contributed by atoms with E-state index in [4.69, 9.17) is 4.74 Å². The smallest absolute Gasteiger partial charge is 0.347 e. The predicted octanol–water partition coefficient (Wildman–Crippen LogP) is 4.68. The number of ether oxygens (including phenoxy) is 1. The second-order valence-corrected chi connectivity index (χ2v) is 10.5. The normalized spacial score (nSPS) is 18.5. The van der Waals surface area contributed by atoms with Gasteiger partial charge in [0.15, 0.2) is 5.56 Å². The van der Waals surface area contributed by atoms with Crippen LogP contribution in [-0.4, -0.2) is 52.6 Å². The van der Waals surface area contributed by atoms with Crippen LogP contribution in [0, 0.1) is 10.1 Å². The largest absolute Gasteiger partial charge is 0.465 e. The highest BCUT2D eigenvalue weighted by Crippen LogP contribution is 2.48. The van der Waals surface area contributed by atoms with Crippen LogP contribution in [0.15, 0.2) is 24.5 Å². The number of hydrogen-bond acceptors (Lipinski definition) is 8. The van der Waals surface area contributed by atoms with E-state index >= 15 is 0 Å². The quantitative estimate of drug-likeness (QED) is 0.290. The summed E-state index contributed by atoms with van der Waals surface area (Å²) in [5.74, 6) is -0.876. The Bertz CT molecular complexity index is 1330. The van der Waals surface area contributed by atoms with Gasteiger partial charge in [0.1, 0.15) is 9.88 Å². The zero-order valence-electron chi connectivity index (χ0n) is 20.4. The number of aromatic nitrogens is 2. The summed E-state index contributed by atoms with van der Waals surface area (Å²) in [7, 11) is 1.22. The third-order valence-electron chi connectivity index (χ3n) is 7.12. The molecule has 11 heteroatoms. The Morgan fingerprint density at radius 2 is 2.00 bits per heavy atom. The van der Waals surface area contributed by atoms with E-state index in [2.05, 4.69) is 14.9 Å². The highest BCUT2D eigenvalue weighted by Gasteiger charge is 2.38. The van der Waals surface area contributed by atoms with Crippen molar-refractivity contribution in [3.8, 4) is 10.4 Å². The Hall–Kier alpha value is -3.47. The standard InChI is InChI=1S/C25H29N5O5S/c1-15(31)27-17-10-11-28(13-17)24-21(25(32)35-2)22(30(33)34)23(36-24)16-8-9-20-19(12-16)26-14-29(20)18-6-4-3-5-7-18/h8-9,12,14,17-18H,3-7,10-11,13H2,1-2H3,(H,27,31)/t17-/m1/s1. The van der Waals surface area contributed by atoms with Gasteiger partial charge in [-0.05, 0) is 31.4 Å². The molecule has 0 radical (unpaired) electrons. The lowest BCUT2D eigenvalue weighted by Gasteiger charge is -2.23. The van der Waals surface area contributed by atoms with Crippen LogP contribution in [0.3, 0.4) is 0 Å². The van der Waals surface area contributed by atoms with E-state index in [9.17, 15) is 19.7 Å². The summed E-state index contributed by atoms with van der Waals surface area (Å²) >= 11 is 1.21. The van der Waals surface area contributed by atoms with E-state index in [1.165, 1.54) is 44.6 Å². The van der Waals surface area contributed by atoms with Crippen LogP contribution in [0.1, 0.15) is 61.8 Å². The first-order chi connectivity index (χ1) is 17.4. The number of carbonyl (C=O) groups is 2. The molecule has 1 aliphatic carbocycles. The predicted molar refractivity (Wildman–Crippen MR) is 138 cm³/mol. The first kappa shape index (κ1) is 24.2. The van der Waals surface area contributed by atoms with E-state index < -0.39 is 10.9 Å². The minimum absolute atomic E-state index is 0.0428. The molecule has 1 aliphatic heterocycles. The lowest BCUT2D eigenvalue weighted by atomic mass is 9.95. The number of esters is 1. The van der Waals surface area contributed by atoms with Gasteiger partial charge in [-0.15, -0.1) is 11.3 Å². The van der Waals surface area contributed by atoms with Crippen LogP contribution in [-0.2, 0) is 9.53 Å². The van der Waals surface area contributed by atoms with Gasteiger partial charge in [0.05, 0.1) is 29.4 Å². The summed E-state index contributed by atoms with van der Waals surface area (Å²) in [4.78, 5) is 43.0.